The molecule has 1 aromatic heterocycles. The molecule has 1 aromatic carbocycles. The maximum Gasteiger partial charge on any atom is 0.261 e. The topological polar surface area (TPSA) is 49.3 Å². The minimum atomic E-state index is -0.424. The van der Waals surface area contributed by atoms with Gasteiger partial charge in [0.2, 0.25) is 0 Å². The Kier molecular flexibility index (Phi) is 4.58. The largest absolute Gasteiger partial charge is 0.394 e. The van der Waals surface area contributed by atoms with Crippen molar-refractivity contribution in [3.05, 3.63) is 56.7 Å². The van der Waals surface area contributed by atoms with E-state index in [9.17, 15) is 9.90 Å². The summed E-state index contributed by atoms with van der Waals surface area (Å²) in [6.45, 7) is 1.79. The number of thiophene rings is 1. The standard InChI is InChI=1S/C14H14ClNO2S/c1-9-2-7-13(19-9)14(18)16-12(8-17)10-3-5-11(15)6-4-10/h2-7,12,17H,8H2,1H3,(H,16,18). The molecule has 5 heteroatoms. The molecule has 0 fully saturated rings. The van der Waals surface area contributed by atoms with Crippen LogP contribution in [-0.4, -0.2) is 17.6 Å². The zero-order valence-electron chi connectivity index (χ0n) is 10.4. The van der Waals surface area contributed by atoms with Gasteiger partial charge in [-0.25, -0.2) is 0 Å². The van der Waals surface area contributed by atoms with Crippen LogP contribution in [0, 0.1) is 6.92 Å². The normalized spacial score (nSPS) is 12.2. The molecule has 1 amide bonds. The third-order valence-corrected chi connectivity index (χ3v) is 3.98. The minimum Gasteiger partial charge on any atom is -0.394 e. The van der Waals surface area contributed by atoms with E-state index in [1.165, 1.54) is 11.3 Å². The van der Waals surface area contributed by atoms with Crippen LogP contribution >= 0.6 is 22.9 Å². The van der Waals surface area contributed by atoms with Crippen molar-refractivity contribution in [3.63, 3.8) is 0 Å². The van der Waals surface area contributed by atoms with E-state index in [0.29, 0.717) is 9.90 Å². The van der Waals surface area contributed by atoms with Gasteiger partial charge in [-0.05, 0) is 36.8 Å². The Morgan fingerprint density at radius 3 is 2.53 bits per heavy atom. The van der Waals surface area contributed by atoms with E-state index in [2.05, 4.69) is 5.32 Å². The fraction of sp³-hybridized carbons (Fsp3) is 0.214. The van der Waals surface area contributed by atoms with Crippen molar-refractivity contribution >= 4 is 28.8 Å². The Morgan fingerprint density at radius 2 is 2.00 bits per heavy atom. The maximum absolute atomic E-state index is 12.0. The molecule has 0 saturated heterocycles. The quantitative estimate of drug-likeness (QED) is 0.910. The van der Waals surface area contributed by atoms with Gasteiger partial charge in [-0.2, -0.15) is 0 Å². The van der Waals surface area contributed by atoms with Crippen LogP contribution in [0.15, 0.2) is 36.4 Å². The number of nitrogens with one attached hydrogen (secondary N) is 1. The molecule has 0 saturated carbocycles. The molecule has 100 valence electrons. The van der Waals surface area contributed by atoms with Crippen LogP contribution in [0.25, 0.3) is 0 Å². The summed E-state index contributed by atoms with van der Waals surface area (Å²) in [6.07, 6.45) is 0. The molecule has 0 bridgehead atoms. The Hall–Kier alpha value is -1.36. The molecule has 3 nitrogen and oxygen atoms in total. The zero-order valence-corrected chi connectivity index (χ0v) is 12.0. The lowest BCUT2D eigenvalue weighted by atomic mass is 10.1. The molecule has 2 aromatic rings. The van der Waals surface area contributed by atoms with Gasteiger partial charge in [0.15, 0.2) is 0 Å². The van der Waals surface area contributed by atoms with Crippen molar-refractivity contribution < 1.29 is 9.90 Å². The van der Waals surface area contributed by atoms with Gasteiger partial charge < -0.3 is 10.4 Å². The number of halogens is 1. The van der Waals surface area contributed by atoms with E-state index >= 15 is 0 Å². The number of aliphatic hydroxyl groups excluding tert-OH is 1. The molecule has 2 N–H and O–H groups in total. The van der Waals surface area contributed by atoms with E-state index in [0.717, 1.165) is 10.4 Å². The summed E-state index contributed by atoms with van der Waals surface area (Å²) in [4.78, 5) is 13.8. The first-order valence-corrected chi connectivity index (χ1v) is 7.03. The van der Waals surface area contributed by atoms with E-state index in [4.69, 9.17) is 11.6 Å². The molecule has 0 spiro atoms. The summed E-state index contributed by atoms with van der Waals surface area (Å²) in [6, 6.07) is 10.3. The first kappa shape index (κ1) is 14.1. The van der Waals surface area contributed by atoms with E-state index in [1.807, 2.05) is 13.0 Å². The third-order valence-electron chi connectivity index (χ3n) is 2.72. The van der Waals surface area contributed by atoms with E-state index in [1.54, 1.807) is 30.3 Å². The van der Waals surface area contributed by atoms with Crippen molar-refractivity contribution in [2.75, 3.05) is 6.61 Å². The second-order valence-corrected chi connectivity index (χ2v) is 5.89. The van der Waals surface area contributed by atoms with Crippen molar-refractivity contribution in [3.8, 4) is 0 Å². The summed E-state index contributed by atoms with van der Waals surface area (Å²) in [5.74, 6) is -0.174. The smallest absolute Gasteiger partial charge is 0.261 e. The molecular formula is C14H14ClNO2S. The fourth-order valence-electron chi connectivity index (χ4n) is 1.72. The van der Waals surface area contributed by atoms with Gasteiger partial charge in [0.25, 0.3) is 5.91 Å². The lowest BCUT2D eigenvalue weighted by Crippen LogP contribution is -2.30. The highest BCUT2D eigenvalue weighted by Gasteiger charge is 2.15. The summed E-state index contributed by atoms with van der Waals surface area (Å²) in [5, 5.41) is 12.8. The Labute approximate surface area is 120 Å². The average Bonchev–Trinajstić information content (AvgIpc) is 2.84. The van der Waals surface area contributed by atoms with Gasteiger partial charge in [-0.1, -0.05) is 23.7 Å². The number of amides is 1. The van der Waals surface area contributed by atoms with Gasteiger partial charge in [-0.3, -0.25) is 4.79 Å². The number of carbonyl (C=O) groups excluding carboxylic acids is 1. The molecule has 1 heterocycles. The van der Waals surface area contributed by atoms with Crippen LogP contribution in [0.5, 0.6) is 0 Å². The van der Waals surface area contributed by atoms with Crippen LogP contribution in [-0.2, 0) is 0 Å². The molecule has 0 aliphatic carbocycles. The molecule has 1 unspecified atom stereocenters. The predicted molar refractivity (Wildman–Crippen MR) is 77.8 cm³/mol. The van der Waals surface area contributed by atoms with E-state index in [-0.39, 0.29) is 12.5 Å². The highest BCUT2D eigenvalue weighted by molar-refractivity contribution is 7.13. The molecular weight excluding hydrogens is 282 g/mol. The lowest BCUT2D eigenvalue weighted by molar-refractivity contribution is 0.0920. The molecule has 2 rings (SSSR count). The summed E-state index contributed by atoms with van der Waals surface area (Å²) in [7, 11) is 0. The van der Waals surface area contributed by atoms with Gasteiger partial charge in [0.1, 0.15) is 0 Å². The minimum absolute atomic E-state index is 0.155. The number of benzene rings is 1. The Bertz CT molecular complexity index is 565. The monoisotopic (exact) mass is 295 g/mol. The number of aliphatic hydroxyl groups is 1. The third kappa shape index (κ3) is 3.56. The molecule has 0 radical (unpaired) electrons. The summed E-state index contributed by atoms with van der Waals surface area (Å²) < 4.78 is 0. The zero-order chi connectivity index (χ0) is 13.8. The highest BCUT2D eigenvalue weighted by Crippen LogP contribution is 2.19. The molecule has 0 aliphatic rings. The summed E-state index contributed by atoms with van der Waals surface area (Å²) >= 11 is 7.25. The first-order chi connectivity index (χ1) is 9.10. The van der Waals surface area contributed by atoms with Gasteiger partial charge in [-0.15, -0.1) is 11.3 Å². The van der Waals surface area contributed by atoms with Crippen LogP contribution < -0.4 is 5.32 Å². The van der Waals surface area contributed by atoms with Gasteiger partial charge >= 0.3 is 0 Å². The maximum atomic E-state index is 12.0. The second kappa shape index (κ2) is 6.19. The van der Waals surface area contributed by atoms with Crippen LogP contribution in [0.4, 0.5) is 0 Å². The summed E-state index contributed by atoms with van der Waals surface area (Å²) in [5.41, 5.74) is 0.827. The number of rotatable bonds is 4. The second-order valence-electron chi connectivity index (χ2n) is 4.17. The van der Waals surface area contributed by atoms with Crippen molar-refractivity contribution in [1.82, 2.24) is 5.32 Å². The number of carbonyl (C=O) groups is 1. The van der Waals surface area contributed by atoms with Gasteiger partial charge in [0, 0.05) is 9.90 Å². The highest BCUT2D eigenvalue weighted by atomic mass is 35.5. The molecule has 0 aliphatic heterocycles. The Balaban J connectivity index is 2.11. The van der Waals surface area contributed by atoms with Crippen molar-refractivity contribution in [2.45, 2.75) is 13.0 Å². The van der Waals surface area contributed by atoms with Gasteiger partial charge in [0.05, 0.1) is 17.5 Å². The van der Waals surface area contributed by atoms with E-state index < -0.39 is 6.04 Å². The lowest BCUT2D eigenvalue weighted by Gasteiger charge is -2.16. The number of aryl methyl sites for hydroxylation is 1. The fourth-order valence-corrected chi connectivity index (χ4v) is 2.61. The van der Waals surface area contributed by atoms with Crippen LogP contribution in [0.1, 0.15) is 26.2 Å². The molecule has 19 heavy (non-hydrogen) atoms. The van der Waals surface area contributed by atoms with Crippen molar-refractivity contribution in [1.29, 1.82) is 0 Å². The van der Waals surface area contributed by atoms with Crippen molar-refractivity contribution in [2.24, 2.45) is 0 Å². The van der Waals surface area contributed by atoms with Crippen LogP contribution in [0.3, 0.4) is 0 Å². The predicted octanol–water partition coefficient (Wildman–Crippen LogP) is 3.17. The molecule has 1 atom stereocenters. The average molecular weight is 296 g/mol. The SMILES string of the molecule is Cc1ccc(C(=O)NC(CO)c2ccc(Cl)cc2)s1. The Morgan fingerprint density at radius 1 is 1.32 bits per heavy atom. The first-order valence-electron chi connectivity index (χ1n) is 5.84. The number of hydrogen-bond acceptors (Lipinski definition) is 3. The van der Waals surface area contributed by atoms with Crippen LogP contribution in [0.2, 0.25) is 5.02 Å². The number of hydrogen-bond donors (Lipinski definition) is 2.